The Balaban J connectivity index is 2.01. The number of benzene rings is 2. The maximum Gasteiger partial charge on any atom is 0.134 e. The fourth-order valence-corrected chi connectivity index (χ4v) is 4.14. The van der Waals surface area contributed by atoms with Crippen molar-refractivity contribution in [1.29, 1.82) is 0 Å². The van der Waals surface area contributed by atoms with Crippen LogP contribution in [0.15, 0.2) is 24.3 Å². The summed E-state index contributed by atoms with van der Waals surface area (Å²) in [7, 11) is 5.55. The van der Waals surface area contributed by atoms with Crippen LogP contribution in [0.2, 0.25) is 5.02 Å². The summed E-state index contributed by atoms with van der Waals surface area (Å²) in [6.07, 6.45) is 3.71. The van der Waals surface area contributed by atoms with E-state index in [1.807, 2.05) is 12.1 Å². The van der Waals surface area contributed by atoms with Crippen LogP contribution in [-0.2, 0) is 19.3 Å². The lowest BCUT2D eigenvalue weighted by Gasteiger charge is -2.35. The summed E-state index contributed by atoms with van der Waals surface area (Å²) < 4.78 is 11.3. The zero-order valence-electron chi connectivity index (χ0n) is 16.5. The molecule has 27 heavy (non-hydrogen) atoms. The summed E-state index contributed by atoms with van der Waals surface area (Å²) in [5.74, 6) is 1.93. The van der Waals surface area contributed by atoms with Gasteiger partial charge in [0.25, 0.3) is 0 Å². The summed E-state index contributed by atoms with van der Waals surface area (Å²) >= 11 is 6.12. The molecule has 3 rings (SSSR count). The lowest BCUT2D eigenvalue weighted by atomic mass is 9.88. The number of rotatable bonds is 6. The SMILES string of the molecule is CCCc1cc(OC)c(C[C@H]2c3cc(O)c(Cl)cc3CCN2C)cc1OC. The highest BCUT2D eigenvalue weighted by Gasteiger charge is 2.27. The van der Waals surface area contributed by atoms with Crippen molar-refractivity contribution in [3.05, 3.63) is 51.5 Å². The Hall–Kier alpha value is -1.91. The number of phenols is 1. The van der Waals surface area contributed by atoms with Crippen molar-refractivity contribution in [2.75, 3.05) is 27.8 Å². The van der Waals surface area contributed by atoms with Crippen LogP contribution < -0.4 is 9.47 Å². The zero-order chi connectivity index (χ0) is 19.6. The monoisotopic (exact) mass is 389 g/mol. The predicted octanol–water partition coefficient (Wildman–Crippen LogP) is 4.79. The highest BCUT2D eigenvalue weighted by molar-refractivity contribution is 6.32. The van der Waals surface area contributed by atoms with Gasteiger partial charge < -0.3 is 14.6 Å². The van der Waals surface area contributed by atoms with E-state index in [4.69, 9.17) is 21.1 Å². The van der Waals surface area contributed by atoms with Crippen molar-refractivity contribution in [3.8, 4) is 17.2 Å². The first-order chi connectivity index (χ1) is 13.0. The van der Waals surface area contributed by atoms with Gasteiger partial charge in [0.1, 0.15) is 17.2 Å². The van der Waals surface area contributed by atoms with E-state index >= 15 is 0 Å². The van der Waals surface area contributed by atoms with E-state index in [0.717, 1.165) is 54.9 Å². The molecule has 2 aromatic carbocycles. The maximum atomic E-state index is 10.1. The highest BCUT2D eigenvalue weighted by atomic mass is 35.5. The molecule has 0 saturated carbocycles. The Morgan fingerprint density at radius 2 is 1.78 bits per heavy atom. The third kappa shape index (κ3) is 4.02. The molecule has 4 nitrogen and oxygen atoms in total. The number of halogens is 1. The topological polar surface area (TPSA) is 41.9 Å². The molecule has 0 bridgehead atoms. The molecular weight excluding hydrogens is 362 g/mol. The largest absolute Gasteiger partial charge is 0.506 e. The third-order valence-electron chi connectivity index (χ3n) is 5.45. The summed E-state index contributed by atoms with van der Waals surface area (Å²) in [6, 6.07) is 8.05. The Bertz CT molecular complexity index is 822. The molecule has 0 aromatic heterocycles. The van der Waals surface area contributed by atoms with Gasteiger partial charge in [-0.15, -0.1) is 0 Å². The first kappa shape index (κ1) is 19.8. The van der Waals surface area contributed by atoms with Crippen LogP contribution in [0.1, 0.15) is 41.6 Å². The number of hydrogen-bond acceptors (Lipinski definition) is 4. The Morgan fingerprint density at radius 1 is 1.11 bits per heavy atom. The molecule has 0 aliphatic carbocycles. The molecule has 5 heteroatoms. The highest BCUT2D eigenvalue weighted by Crippen LogP contribution is 2.39. The summed E-state index contributed by atoms with van der Waals surface area (Å²) in [6.45, 7) is 3.11. The van der Waals surface area contributed by atoms with E-state index in [9.17, 15) is 5.11 Å². The number of fused-ring (bicyclic) bond motifs is 1. The van der Waals surface area contributed by atoms with Crippen molar-refractivity contribution < 1.29 is 14.6 Å². The van der Waals surface area contributed by atoms with Crippen molar-refractivity contribution in [1.82, 2.24) is 4.90 Å². The fourth-order valence-electron chi connectivity index (χ4n) is 3.96. The molecule has 0 amide bonds. The van der Waals surface area contributed by atoms with Crippen LogP contribution in [0.3, 0.4) is 0 Å². The van der Waals surface area contributed by atoms with Gasteiger partial charge >= 0.3 is 0 Å². The number of phenolic OH excluding ortho intramolecular Hbond substituents is 1. The van der Waals surface area contributed by atoms with Gasteiger partial charge in [-0.05, 0) is 72.8 Å². The minimum Gasteiger partial charge on any atom is -0.506 e. The van der Waals surface area contributed by atoms with E-state index in [0.29, 0.717) is 5.02 Å². The van der Waals surface area contributed by atoms with Gasteiger partial charge in [-0.1, -0.05) is 24.9 Å². The van der Waals surface area contributed by atoms with Crippen molar-refractivity contribution in [3.63, 3.8) is 0 Å². The van der Waals surface area contributed by atoms with Crippen LogP contribution in [-0.4, -0.2) is 37.8 Å². The smallest absolute Gasteiger partial charge is 0.134 e. The zero-order valence-corrected chi connectivity index (χ0v) is 17.3. The maximum absolute atomic E-state index is 10.1. The van der Waals surface area contributed by atoms with Gasteiger partial charge in [0, 0.05) is 12.6 Å². The van der Waals surface area contributed by atoms with Crippen LogP contribution in [0, 0.1) is 0 Å². The van der Waals surface area contributed by atoms with E-state index in [-0.39, 0.29) is 11.8 Å². The normalized spacial score (nSPS) is 16.9. The molecule has 0 saturated heterocycles. The Kier molecular flexibility index (Phi) is 6.18. The van der Waals surface area contributed by atoms with Gasteiger partial charge in [-0.3, -0.25) is 4.90 Å². The molecule has 0 radical (unpaired) electrons. The first-order valence-corrected chi connectivity index (χ1v) is 9.81. The van der Waals surface area contributed by atoms with Crippen molar-refractivity contribution >= 4 is 11.6 Å². The van der Waals surface area contributed by atoms with E-state index < -0.39 is 0 Å². The number of aryl methyl sites for hydroxylation is 1. The van der Waals surface area contributed by atoms with Gasteiger partial charge in [0.2, 0.25) is 0 Å². The van der Waals surface area contributed by atoms with Crippen molar-refractivity contribution in [2.24, 2.45) is 0 Å². The molecule has 1 atom stereocenters. The van der Waals surface area contributed by atoms with Gasteiger partial charge in [0.15, 0.2) is 0 Å². The second-order valence-electron chi connectivity index (χ2n) is 7.18. The van der Waals surface area contributed by atoms with Gasteiger partial charge in [-0.2, -0.15) is 0 Å². The lowest BCUT2D eigenvalue weighted by Crippen LogP contribution is -2.33. The van der Waals surface area contributed by atoms with Gasteiger partial charge in [0.05, 0.1) is 19.2 Å². The molecule has 0 spiro atoms. The summed E-state index contributed by atoms with van der Waals surface area (Å²) in [5, 5.41) is 10.5. The Labute approximate surface area is 166 Å². The van der Waals surface area contributed by atoms with E-state index in [1.165, 1.54) is 11.1 Å². The molecule has 1 aliphatic rings. The first-order valence-electron chi connectivity index (χ1n) is 9.43. The predicted molar refractivity (Wildman–Crippen MR) is 109 cm³/mol. The number of methoxy groups -OCH3 is 2. The van der Waals surface area contributed by atoms with E-state index in [2.05, 4.69) is 31.0 Å². The number of ether oxygens (including phenoxy) is 2. The fraction of sp³-hybridized carbons (Fsp3) is 0.455. The number of nitrogens with zero attached hydrogens (tertiary/aromatic N) is 1. The molecule has 146 valence electrons. The van der Waals surface area contributed by atoms with Crippen LogP contribution >= 0.6 is 11.6 Å². The second-order valence-corrected chi connectivity index (χ2v) is 7.59. The standard InChI is InChI=1S/C22H28ClNO3/c1-5-6-15-11-22(27-4)16(12-21(15)26-3)10-19-17-13-20(25)18(23)9-14(17)7-8-24(19)2/h9,11-13,19,25H,5-8,10H2,1-4H3/t19-/m0/s1. The molecule has 1 heterocycles. The minimum atomic E-state index is 0.138. The molecule has 1 aliphatic heterocycles. The number of likely N-dealkylation sites (N-methyl/N-ethyl adjacent to an activating group) is 1. The third-order valence-corrected chi connectivity index (χ3v) is 5.75. The lowest BCUT2D eigenvalue weighted by molar-refractivity contribution is 0.227. The van der Waals surface area contributed by atoms with E-state index in [1.54, 1.807) is 14.2 Å². The molecular formula is C22H28ClNO3. The summed E-state index contributed by atoms with van der Waals surface area (Å²) in [4.78, 5) is 2.32. The average molecular weight is 390 g/mol. The molecule has 0 fully saturated rings. The molecule has 1 N–H and O–H groups in total. The average Bonchev–Trinajstić information content (AvgIpc) is 2.66. The number of hydrogen-bond donors (Lipinski definition) is 1. The Morgan fingerprint density at radius 3 is 2.44 bits per heavy atom. The second kappa shape index (κ2) is 8.41. The van der Waals surface area contributed by atoms with Crippen molar-refractivity contribution in [2.45, 2.75) is 38.6 Å². The number of aromatic hydroxyl groups is 1. The van der Waals surface area contributed by atoms with Crippen LogP contribution in [0.5, 0.6) is 17.2 Å². The van der Waals surface area contributed by atoms with Gasteiger partial charge in [-0.25, -0.2) is 0 Å². The molecule has 0 unspecified atom stereocenters. The quantitative estimate of drug-likeness (QED) is 0.771. The van der Waals surface area contributed by atoms with Crippen LogP contribution in [0.25, 0.3) is 0 Å². The minimum absolute atomic E-state index is 0.138. The summed E-state index contributed by atoms with van der Waals surface area (Å²) in [5.41, 5.74) is 4.61. The van der Waals surface area contributed by atoms with Crippen LogP contribution in [0.4, 0.5) is 0 Å². The molecule has 2 aromatic rings.